The lowest BCUT2D eigenvalue weighted by molar-refractivity contribution is -0.150. The summed E-state index contributed by atoms with van der Waals surface area (Å²) in [5.41, 5.74) is 5.32. The Kier molecular flexibility index (Phi) is 6.88. The second kappa shape index (κ2) is 8.66. The van der Waals surface area contributed by atoms with Crippen molar-refractivity contribution in [3.63, 3.8) is 0 Å². The van der Waals surface area contributed by atoms with E-state index in [1.54, 1.807) is 12.1 Å². The number of nitrogens with one attached hydrogen (secondary N) is 2. The molecular formula is C15H20N2O5. The molecule has 0 atom stereocenters. The molecule has 0 spiro atoms. The molecule has 0 fully saturated rings. The molecule has 2 N–H and O–H groups in total. The largest absolute Gasteiger partial charge is 0.482 e. The maximum absolute atomic E-state index is 11.4. The summed E-state index contributed by atoms with van der Waals surface area (Å²) >= 11 is 0. The third-order valence-corrected chi connectivity index (χ3v) is 2.65. The van der Waals surface area contributed by atoms with E-state index in [0.29, 0.717) is 11.7 Å². The predicted octanol–water partition coefficient (Wildman–Crippen LogP) is 0.899. The molecule has 0 saturated carbocycles. The van der Waals surface area contributed by atoms with E-state index >= 15 is 0 Å². The lowest BCUT2D eigenvalue weighted by Gasteiger charge is -2.09. The quantitative estimate of drug-likeness (QED) is 0.601. The van der Waals surface area contributed by atoms with Gasteiger partial charge in [-0.1, -0.05) is 26.0 Å². The average Bonchev–Trinajstić information content (AvgIpc) is 2.49. The fourth-order valence-corrected chi connectivity index (χ4v) is 1.47. The molecule has 0 bridgehead atoms. The fourth-order valence-electron chi connectivity index (χ4n) is 1.47. The Balaban J connectivity index is 2.28. The SMILES string of the molecule is CC(=O)NNC(=O)COC(=O)COc1ccc(C(C)C)cc1. The van der Waals surface area contributed by atoms with Crippen LogP contribution in [-0.4, -0.2) is 31.0 Å². The zero-order valence-corrected chi connectivity index (χ0v) is 12.8. The highest BCUT2D eigenvalue weighted by Gasteiger charge is 2.09. The predicted molar refractivity (Wildman–Crippen MR) is 78.9 cm³/mol. The van der Waals surface area contributed by atoms with Gasteiger partial charge in [-0.3, -0.25) is 20.4 Å². The van der Waals surface area contributed by atoms with Crippen molar-refractivity contribution in [2.45, 2.75) is 26.7 Å². The van der Waals surface area contributed by atoms with Crippen LogP contribution in [0.15, 0.2) is 24.3 Å². The number of hydrazine groups is 1. The summed E-state index contributed by atoms with van der Waals surface area (Å²) in [6.45, 7) is 4.62. The van der Waals surface area contributed by atoms with Gasteiger partial charge < -0.3 is 9.47 Å². The van der Waals surface area contributed by atoms with Crippen LogP contribution in [0.4, 0.5) is 0 Å². The number of amides is 2. The van der Waals surface area contributed by atoms with Crippen LogP contribution in [-0.2, 0) is 19.1 Å². The second-order valence-corrected chi connectivity index (χ2v) is 4.90. The zero-order valence-electron chi connectivity index (χ0n) is 12.8. The van der Waals surface area contributed by atoms with Crippen LogP contribution in [0.3, 0.4) is 0 Å². The van der Waals surface area contributed by atoms with Gasteiger partial charge in [0, 0.05) is 6.92 Å². The maximum atomic E-state index is 11.4. The third kappa shape index (κ3) is 6.74. The number of hydrogen-bond acceptors (Lipinski definition) is 5. The Morgan fingerprint density at radius 3 is 2.23 bits per heavy atom. The van der Waals surface area contributed by atoms with Crippen LogP contribution in [0.25, 0.3) is 0 Å². The number of benzene rings is 1. The fraction of sp³-hybridized carbons (Fsp3) is 0.400. The molecule has 1 aromatic carbocycles. The summed E-state index contributed by atoms with van der Waals surface area (Å²) in [7, 11) is 0. The number of ether oxygens (including phenoxy) is 2. The Hall–Kier alpha value is -2.57. The Morgan fingerprint density at radius 1 is 1.05 bits per heavy atom. The standard InChI is InChI=1S/C15H20N2O5/c1-10(2)12-4-6-13(7-5-12)21-9-15(20)22-8-14(19)17-16-11(3)18/h4-7,10H,8-9H2,1-3H3,(H,16,18)(H,17,19). The first-order valence-electron chi connectivity index (χ1n) is 6.82. The highest BCUT2D eigenvalue weighted by molar-refractivity contribution is 5.83. The first-order valence-corrected chi connectivity index (χ1v) is 6.82. The molecular weight excluding hydrogens is 288 g/mol. The number of carbonyl (C=O) groups excluding carboxylic acids is 3. The molecule has 0 heterocycles. The molecule has 0 aliphatic heterocycles. The van der Waals surface area contributed by atoms with Gasteiger partial charge in [-0.15, -0.1) is 0 Å². The van der Waals surface area contributed by atoms with E-state index in [-0.39, 0.29) is 6.61 Å². The van der Waals surface area contributed by atoms with E-state index in [4.69, 9.17) is 9.47 Å². The lowest BCUT2D eigenvalue weighted by Crippen LogP contribution is -2.42. The van der Waals surface area contributed by atoms with Crippen molar-refractivity contribution < 1.29 is 23.9 Å². The van der Waals surface area contributed by atoms with Gasteiger partial charge in [-0.2, -0.15) is 0 Å². The van der Waals surface area contributed by atoms with Crippen LogP contribution in [0.2, 0.25) is 0 Å². The summed E-state index contributed by atoms with van der Waals surface area (Å²) in [5, 5.41) is 0. The molecule has 0 radical (unpaired) electrons. The van der Waals surface area contributed by atoms with Gasteiger partial charge in [0.1, 0.15) is 5.75 Å². The van der Waals surface area contributed by atoms with E-state index in [2.05, 4.69) is 24.7 Å². The summed E-state index contributed by atoms with van der Waals surface area (Å²) in [6.07, 6.45) is 0. The minimum Gasteiger partial charge on any atom is -0.482 e. The molecule has 0 saturated heterocycles. The van der Waals surface area contributed by atoms with Crippen molar-refractivity contribution in [2.75, 3.05) is 13.2 Å². The van der Waals surface area contributed by atoms with Gasteiger partial charge in [0.15, 0.2) is 13.2 Å². The summed E-state index contributed by atoms with van der Waals surface area (Å²) in [6, 6.07) is 7.39. The Labute approximate surface area is 128 Å². The minimum absolute atomic E-state index is 0.297. The zero-order chi connectivity index (χ0) is 16.5. The van der Waals surface area contributed by atoms with Gasteiger partial charge in [-0.05, 0) is 23.6 Å². The highest BCUT2D eigenvalue weighted by atomic mass is 16.6. The van der Waals surface area contributed by atoms with E-state index < -0.39 is 24.4 Å². The molecule has 0 aliphatic rings. The Bertz CT molecular complexity index is 525. The molecule has 2 amide bonds. The van der Waals surface area contributed by atoms with Crippen molar-refractivity contribution >= 4 is 17.8 Å². The number of hydrogen-bond donors (Lipinski definition) is 2. The van der Waals surface area contributed by atoms with Crippen LogP contribution in [0, 0.1) is 0 Å². The monoisotopic (exact) mass is 308 g/mol. The Morgan fingerprint density at radius 2 is 1.68 bits per heavy atom. The van der Waals surface area contributed by atoms with Gasteiger partial charge in [0.2, 0.25) is 5.91 Å². The molecule has 1 aromatic rings. The molecule has 7 heteroatoms. The lowest BCUT2D eigenvalue weighted by atomic mass is 10.0. The van der Waals surface area contributed by atoms with E-state index in [1.165, 1.54) is 12.5 Å². The first-order chi connectivity index (χ1) is 10.4. The van der Waals surface area contributed by atoms with Crippen LogP contribution in [0.5, 0.6) is 5.75 Å². The first kappa shape index (κ1) is 17.5. The van der Waals surface area contributed by atoms with Gasteiger partial charge in [-0.25, -0.2) is 4.79 Å². The average molecular weight is 308 g/mol. The smallest absolute Gasteiger partial charge is 0.344 e. The van der Waals surface area contributed by atoms with Crippen molar-refractivity contribution in [1.82, 2.24) is 10.9 Å². The highest BCUT2D eigenvalue weighted by Crippen LogP contribution is 2.18. The van der Waals surface area contributed by atoms with Crippen molar-refractivity contribution in [3.05, 3.63) is 29.8 Å². The molecule has 0 aromatic heterocycles. The number of carbonyl (C=O) groups is 3. The number of rotatable bonds is 6. The molecule has 0 unspecified atom stereocenters. The molecule has 0 aliphatic carbocycles. The van der Waals surface area contributed by atoms with E-state index in [9.17, 15) is 14.4 Å². The molecule has 120 valence electrons. The van der Waals surface area contributed by atoms with Gasteiger partial charge >= 0.3 is 5.97 Å². The third-order valence-electron chi connectivity index (χ3n) is 2.65. The van der Waals surface area contributed by atoms with Gasteiger partial charge in [0.05, 0.1) is 0 Å². The summed E-state index contributed by atoms with van der Waals surface area (Å²) in [5.74, 6) is -0.770. The summed E-state index contributed by atoms with van der Waals surface area (Å²) in [4.78, 5) is 33.2. The van der Waals surface area contributed by atoms with Crippen molar-refractivity contribution in [2.24, 2.45) is 0 Å². The van der Waals surface area contributed by atoms with E-state index in [0.717, 1.165) is 0 Å². The van der Waals surface area contributed by atoms with Gasteiger partial charge in [0.25, 0.3) is 5.91 Å². The van der Waals surface area contributed by atoms with Crippen LogP contribution < -0.4 is 15.6 Å². The molecule has 7 nitrogen and oxygen atoms in total. The van der Waals surface area contributed by atoms with Crippen LogP contribution >= 0.6 is 0 Å². The van der Waals surface area contributed by atoms with Crippen molar-refractivity contribution in [3.8, 4) is 5.75 Å². The number of esters is 1. The minimum atomic E-state index is -0.675. The maximum Gasteiger partial charge on any atom is 0.344 e. The molecule has 22 heavy (non-hydrogen) atoms. The van der Waals surface area contributed by atoms with Crippen molar-refractivity contribution in [1.29, 1.82) is 0 Å². The second-order valence-electron chi connectivity index (χ2n) is 4.90. The summed E-state index contributed by atoms with van der Waals surface area (Å²) < 4.78 is 9.95. The van der Waals surface area contributed by atoms with E-state index in [1.807, 2.05) is 12.1 Å². The normalized spacial score (nSPS) is 10.0. The topological polar surface area (TPSA) is 93.7 Å². The molecule has 1 rings (SSSR count). The van der Waals surface area contributed by atoms with Crippen LogP contribution in [0.1, 0.15) is 32.3 Å².